The Kier molecular flexibility index (Phi) is 5.96. The quantitative estimate of drug-likeness (QED) is 0.661. The minimum atomic E-state index is -0.214. The number of likely N-dealkylation sites (N-methyl/N-ethyl adjacent to an activating group) is 1. The van der Waals surface area contributed by atoms with E-state index in [2.05, 4.69) is 47.7 Å². The van der Waals surface area contributed by atoms with Crippen molar-refractivity contribution < 1.29 is 4.79 Å². The van der Waals surface area contributed by atoms with Gasteiger partial charge in [0.05, 0.1) is 17.4 Å². The lowest BCUT2D eigenvalue weighted by Gasteiger charge is -2.20. The van der Waals surface area contributed by atoms with Crippen molar-refractivity contribution in [2.75, 3.05) is 26.0 Å². The van der Waals surface area contributed by atoms with Crippen molar-refractivity contribution >= 4 is 22.6 Å². The maximum absolute atomic E-state index is 12.9. The van der Waals surface area contributed by atoms with E-state index in [4.69, 9.17) is 0 Å². The maximum atomic E-state index is 12.9. The highest BCUT2D eigenvalue weighted by atomic mass is 16.2. The van der Waals surface area contributed by atoms with E-state index in [0.29, 0.717) is 5.92 Å². The molecule has 1 amide bonds. The number of benzene rings is 1. The van der Waals surface area contributed by atoms with Crippen LogP contribution in [-0.2, 0) is 11.3 Å². The fraction of sp³-hybridized carbons (Fsp3) is 0.429. The van der Waals surface area contributed by atoms with Crippen LogP contribution in [0, 0.1) is 5.92 Å². The molecule has 0 aliphatic heterocycles. The molecule has 0 radical (unpaired) electrons. The van der Waals surface area contributed by atoms with E-state index in [1.807, 2.05) is 53.6 Å². The van der Waals surface area contributed by atoms with Crippen LogP contribution in [0.1, 0.15) is 26.3 Å². The first kappa shape index (κ1) is 19.2. The fourth-order valence-electron chi connectivity index (χ4n) is 3.22. The number of nitrogens with zero attached hydrogens (tertiary/aromatic N) is 4. The van der Waals surface area contributed by atoms with Gasteiger partial charge in [-0.25, -0.2) is 4.98 Å². The van der Waals surface area contributed by atoms with Gasteiger partial charge < -0.3 is 19.4 Å². The molecule has 6 nitrogen and oxygen atoms in total. The van der Waals surface area contributed by atoms with Crippen molar-refractivity contribution in [1.29, 1.82) is 0 Å². The van der Waals surface area contributed by atoms with Gasteiger partial charge in [0, 0.05) is 31.2 Å². The lowest BCUT2D eigenvalue weighted by molar-refractivity contribution is -0.119. The molecule has 1 unspecified atom stereocenters. The minimum absolute atomic E-state index is 0.00582. The average molecular weight is 367 g/mol. The van der Waals surface area contributed by atoms with Gasteiger partial charge in [0.2, 0.25) is 5.91 Å². The third kappa shape index (κ3) is 4.77. The molecule has 3 aromatic rings. The zero-order valence-corrected chi connectivity index (χ0v) is 16.6. The van der Waals surface area contributed by atoms with E-state index in [0.717, 1.165) is 36.2 Å². The predicted molar refractivity (Wildman–Crippen MR) is 110 cm³/mol. The lowest BCUT2D eigenvalue weighted by Crippen LogP contribution is -2.26. The van der Waals surface area contributed by atoms with Crippen molar-refractivity contribution in [1.82, 2.24) is 19.0 Å². The van der Waals surface area contributed by atoms with Gasteiger partial charge in [-0.05, 0) is 56.8 Å². The van der Waals surface area contributed by atoms with Gasteiger partial charge in [-0.3, -0.25) is 4.79 Å². The Hall–Kier alpha value is -2.60. The van der Waals surface area contributed by atoms with Crippen LogP contribution in [0.25, 0.3) is 11.0 Å². The molecule has 3 rings (SSSR count). The molecule has 1 N–H and O–H groups in total. The molecular weight excluding hydrogens is 338 g/mol. The molecule has 2 aromatic heterocycles. The number of rotatable bonds is 8. The second-order valence-corrected chi connectivity index (χ2v) is 7.71. The summed E-state index contributed by atoms with van der Waals surface area (Å²) in [6.45, 7) is 6.11. The minimum Gasteiger partial charge on any atom is -0.342 e. The highest BCUT2D eigenvalue weighted by Gasteiger charge is 2.21. The first-order chi connectivity index (χ1) is 12.9. The number of aromatic nitrogens is 3. The Morgan fingerprint density at radius 2 is 1.96 bits per heavy atom. The van der Waals surface area contributed by atoms with Crippen LogP contribution in [0.4, 0.5) is 5.69 Å². The smallest absolute Gasteiger partial charge is 0.247 e. The molecule has 2 heterocycles. The second kappa shape index (κ2) is 8.39. The maximum Gasteiger partial charge on any atom is 0.247 e. The van der Waals surface area contributed by atoms with Gasteiger partial charge in [-0.2, -0.15) is 0 Å². The number of carbonyl (C=O) groups excluding carboxylic acids is 1. The molecule has 0 saturated heterocycles. The molecular formula is C21H29N5O. The Labute approximate surface area is 160 Å². The molecule has 27 heavy (non-hydrogen) atoms. The van der Waals surface area contributed by atoms with E-state index in [9.17, 15) is 4.79 Å². The summed E-state index contributed by atoms with van der Waals surface area (Å²) in [7, 11) is 4.12. The average Bonchev–Trinajstić information content (AvgIpc) is 3.27. The normalized spacial score (nSPS) is 12.8. The van der Waals surface area contributed by atoms with Gasteiger partial charge in [0.25, 0.3) is 0 Å². The topological polar surface area (TPSA) is 55.1 Å². The summed E-state index contributed by atoms with van der Waals surface area (Å²) in [5.74, 6) is 0.435. The number of nitrogens with one attached hydrogen (secondary N) is 1. The van der Waals surface area contributed by atoms with E-state index in [1.165, 1.54) is 0 Å². The van der Waals surface area contributed by atoms with Crippen LogP contribution >= 0.6 is 0 Å². The Morgan fingerprint density at radius 1 is 1.22 bits per heavy atom. The SMILES string of the molecule is CC(C)CC(C(=O)Nc1ccc2c(c1)ncn2CCN(C)C)n1cccc1. The molecule has 0 bridgehead atoms. The van der Waals surface area contributed by atoms with Crippen LogP contribution in [0.5, 0.6) is 0 Å². The van der Waals surface area contributed by atoms with Crippen LogP contribution < -0.4 is 5.32 Å². The third-order valence-electron chi connectivity index (χ3n) is 4.66. The Morgan fingerprint density at radius 3 is 2.63 bits per heavy atom. The molecule has 0 aliphatic rings. The van der Waals surface area contributed by atoms with Crippen molar-refractivity contribution in [3.63, 3.8) is 0 Å². The van der Waals surface area contributed by atoms with E-state index in [1.54, 1.807) is 0 Å². The summed E-state index contributed by atoms with van der Waals surface area (Å²) < 4.78 is 4.12. The van der Waals surface area contributed by atoms with E-state index < -0.39 is 0 Å². The van der Waals surface area contributed by atoms with Crippen molar-refractivity contribution in [3.05, 3.63) is 49.1 Å². The zero-order chi connectivity index (χ0) is 19.4. The van der Waals surface area contributed by atoms with Crippen molar-refractivity contribution in [3.8, 4) is 0 Å². The van der Waals surface area contributed by atoms with Gasteiger partial charge >= 0.3 is 0 Å². The first-order valence-corrected chi connectivity index (χ1v) is 9.47. The molecule has 144 valence electrons. The Balaban J connectivity index is 1.76. The molecule has 0 aliphatic carbocycles. The highest BCUT2D eigenvalue weighted by molar-refractivity contribution is 5.95. The monoisotopic (exact) mass is 367 g/mol. The number of hydrogen-bond acceptors (Lipinski definition) is 3. The number of imidazole rings is 1. The van der Waals surface area contributed by atoms with Crippen molar-refractivity contribution in [2.45, 2.75) is 32.9 Å². The van der Waals surface area contributed by atoms with E-state index in [-0.39, 0.29) is 11.9 Å². The molecule has 1 aromatic carbocycles. The van der Waals surface area contributed by atoms with Gasteiger partial charge in [-0.15, -0.1) is 0 Å². The first-order valence-electron chi connectivity index (χ1n) is 9.47. The molecule has 0 fully saturated rings. The molecule has 6 heteroatoms. The summed E-state index contributed by atoms with van der Waals surface area (Å²) in [5.41, 5.74) is 2.76. The van der Waals surface area contributed by atoms with Crippen LogP contribution in [0.2, 0.25) is 0 Å². The number of anilines is 1. The Bertz CT molecular complexity index is 879. The summed E-state index contributed by atoms with van der Waals surface area (Å²) in [4.78, 5) is 19.5. The van der Waals surface area contributed by atoms with Crippen LogP contribution in [-0.4, -0.2) is 45.6 Å². The molecule has 0 spiro atoms. The molecule has 0 saturated carbocycles. The van der Waals surface area contributed by atoms with Gasteiger partial charge in [0.1, 0.15) is 6.04 Å². The lowest BCUT2D eigenvalue weighted by atomic mass is 10.0. The van der Waals surface area contributed by atoms with E-state index >= 15 is 0 Å². The number of hydrogen-bond donors (Lipinski definition) is 1. The summed E-state index contributed by atoms with van der Waals surface area (Å²) in [5, 5.41) is 3.07. The van der Waals surface area contributed by atoms with Crippen LogP contribution in [0.15, 0.2) is 49.1 Å². The highest BCUT2D eigenvalue weighted by Crippen LogP contribution is 2.22. The predicted octanol–water partition coefficient (Wildman–Crippen LogP) is 3.63. The van der Waals surface area contributed by atoms with Gasteiger partial charge in [0.15, 0.2) is 0 Å². The number of fused-ring (bicyclic) bond motifs is 1. The summed E-state index contributed by atoms with van der Waals surface area (Å²) >= 11 is 0. The fourth-order valence-corrected chi connectivity index (χ4v) is 3.22. The van der Waals surface area contributed by atoms with Crippen molar-refractivity contribution in [2.24, 2.45) is 5.92 Å². The third-order valence-corrected chi connectivity index (χ3v) is 4.66. The summed E-state index contributed by atoms with van der Waals surface area (Å²) in [6, 6.07) is 9.62. The van der Waals surface area contributed by atoms with Gasteiger partial charge in [-0.1, -0.05) is 13.8 Å². The molecule has 1 atom stereocenters. The standard InChI is InChI=1S/C21H29N5O/c1-16(2)13-20(25-9-5-6-10-25)21(27)23-17-7-8-19-18(14-17)22-15-26(19)12-11-24(3)4/h5-10,14-16,20H,11-13H2,1-4H3,(H,23,27). The largest absolute Gasteiger partial charge is 0.342 e. The number of carbonyl (C=O) groups is 1. The second-order valence-electron chi connectivity index (χ2n) is 7.71. The van der Waals surface area contributed by atoms with Crippen LogP contribution in [0.3, 0.4) is 0 Å². The zero-order valence-electron chi connectivity index (χ0n) is 16.6. The number of amides is 1. The summed E-state index contributed by atoms with van der Waals surface area (Å²) in [6.07, 6.45) is 6.55.